The highest BCUT2D eigenvalue weighted by molar-refractivity contribution is 5.85. The Labute approximate surface area is 116 Å². The van der Waals surface area contributed by atoms with Crippen LogP contribution in [0.5, 0.6) is 5.75 Å². The van der Waals surface area contributed by atoms with Gasteiger partial charge in [-0.3, -0.25) is 4.79 Å². The Bertz CT molecular complexity index is 502. The molecule has 1 heterocycles. The number of benzene rings is 1. The van der Waals surface area contributed by atoms with Crippen LogP contribution in [0.1, 0.15) is 5.56 Å². The second kappa shape index (κ2) is 6.38. The van der Waals surface area contributed by atoms with E-state index in [-0.39, 0.29) is 18.9 Å². The molecule has 0 spiro atoms. The van der Waals surface area contributed by atoms with E-state index in [1.165, 1.54) is 4.90 Å². The van der Waals surface area contributed by atoms with Gasteiger partial charge in [-0.2, -0.15) is 0 Å². The van der Waals surface area contributed by atoms with Gasteiger partial charge in [0.05, 0.1) is 26.7 Å². The Morgan fingerprint density at radius 2 is 2.30 bits per heavy atom. The molecule has 1 amide bonds. The standard InChI is InChI=1S/C14H17NO5/c1-19-11-4-2-3-10(7-11)8-13(16)15-5-6-20-9-12(15)14(17)18/h2-4,7,12H,5-6,8-9H2,1H3,(H,17,18)/t12-/m0/s1. The number of hydrogen-bond acceptors (Lipinski definition) is 4. The minimum atomic E-state index is -1.04. The molecule has 0 bridgehead atoms. The first-order valence-corrected chi connectivity index (χ1v) is 6.35. The number of nitrogens with zero attached hydrogens (tertiary/aromatic N) is 1. The lowest BCUT2D eigenvalue weighted by atomic mass is 10.1. The van der Waals surface area contributed by atoms with Gasteiger partial charge in [-0.25, -0.2) is 4.79 Å². The summed E-state index contributed by atoms with van der Waals surface area (Å²) in [4.78, 5) is 24.7. The smallest absolute Gasteiger partial charge is 0.328 e. The van der Waals surface area contributed by atoms with Gasteiger partial charge >= 0.3 is 5.97 Å². The highest BCUT2D eigenvalue weighted by Crippen LogP contribution is 2.15. The molecular weight excluding hydrogens is 262 g/mol. The number of amides is 1. The molecule has 1 aromatic carbocycles. The molecule has 1 aliphatic heterocycles. The van der Waals surface area contributed by atoms with E-state index >= 15 is 0 Å². The van der Waals surface area contributed by atoms with Crippen molar-refractivity contribution in [1.82, 2.24) is 4.90 Å². The van der Waals surface area contributed by atoms with Gasteiger partial charge in [0, 0.05) is 6.54 Å². The van der Waals surface area contributed by atoms with E-state index in [1.807, 2.05) is 6.07 Å². The van der Waals surface area contributed by atoms with Crippen LogP contribution in [0.3, 0.4) is 0 Å². The third-order valence-electron chi connectivity index (χ3n) is 3.22. The lowest BCUT2D eigenvalue weighted by molar-refractivity contribution is -0.158. The molecule has 2 rings (SSSR count). The molecule has 0 aliphatic carbocycles. The fraction of sp³-hybridized carbons (Fsp3) is 0.429. The number of aliphatic carboxylic acids is 1. The highest BCUT2D eigenvalue weighted by atomic mass is 16.5. The topological polar surface area (TPSA) is 76.1 Å². The minimum Gasteiger partial charge on any atom is -0.497 e. The Kier molecular flexibility index (Phi) is 4.57. The second-order valence-corrected chi connectivity index (χ2v) is 4.54. The van der Waals surface area contributed by atoms with Gasteiger partial charge in [-0.15, -0.1) is 0 Å². The lowest BCUT2D eigenvalue weighted by Crippen LogP contribution is -2.53. The monoisotopic (exact) mass is 279 g/mol. The molecule has 6 heteroatoms. The van der Waals surface area contributed by atoms with Crippen molar-refractivity contribution in [1.29, 1.82) is 0 Å². The maximum atomic E-state index is 12.2. The first kappa shape index (κ1) is 14.3. The highest BCUT2D eigenvalue weighted by Gasteiger charge is 2.32. The Morgan fingerprint density at radius 1 is 1.50 bits per heavy atom. The van der Waals surface area contributed by atoms with Gasteiger partial charge < -0.3 is 19.5 Å². The van der Waals surface area contributed by atoms with Crippen molar-refractivity contribution in [2.75, 3.05) is 26.9 Å². The molecule has 1 saturated heterocycles. The van der Waals surface area contributed by atoms with E-state index < -0.39 is 12.0 Å². The van der Waals surface area contributed by atoms with Crippen LogP contribution in [0.4, 0.5) is 0 Å². The fourth-order valence-corrected chi connectivity index (χ4v) is 2.17. The molecule has 6 nitrogen and oxygen atoms in total. The largest absolute Gasteiger partial charge is 0.497 e. The van der Waals surface area contributed by atoms with E-state index in [4.69, 9.17) is 14.6 Å². The van der Waals surface area contributed by atoms with Gasteiger partial charge in [0.2, 0.25) is 5.91 Å². The fourth-order valence-electron chi connectivity index (χ4n) is 2.17. The van der Waals surface area contributed by atoms with Crippen LogP contribution in [-0.2, 0) is 20.7 Å². The van der Waals surface area contributed by atoms with Crippen molar-refractivity contribution in [3.05, 3.63) is 29.8 Å². The first-order chi connectivity index (χ1) is 9.61. The summed E-state index contributed by atoms with van der Waals surface area (Å²) in [6.45, 7) is 0.715. The molecule has 1 atom stereocenters. The average molecular weight is 279 g/mol. The van der Waals surface area contributed by atoms with Crippen LogP contribution in [0.15, 0.2) is 24.3 Å². The predicted octanol–water partition coefficient (Wildman–Crippen LogP) is 0.550. The Hall–Kier alpha value is -2.08. The third kappa shape index (κ3) is 3.27. The zero-order valence-corrected chi connectivity index (χ0v) is 11.2. The van der Waals surface area contributed by atoms with Gasteiger partial charge in [0.15, 0.2) is 6.04 Å². The quantitative estimate of drug-likeness (QED) is 0.871. The number of methoxy groups -OCH3 is 1. The van der Waals surface area contributed by atoms with Crippen molar-refractivity contribution < 1.29 is 24.2 Å². The molecule has 0 unspecified atom stereocenters. The molecule has 1 fully saturated rings. The SMILES string of the molecule is COc1cccc(CC(=O)N2CCOC[C@H]2C(=O)O)c1. The summed E-state index contributed by atoms with van der Waals surface area (Å²) >= 11 is 0. The maximum absolute atomic E-state index is 12.2. The summed E-state index contributed by atoms with van der Waals surface area (Å²) in [5, 5.41) is 9.11. The number of carbonyl (C=O) groups excluding carboxylic acids is 1. The Balaban J connectivity index is 2.07. The maximum Gasteiger partial charge on any atom is 0.328 e. The van der Waals surface area contributed by atoms with Crippen molar-refractivity contribution in [2.24, 2.45) is 0 Å². The predicted molar refractivity (Wildman–Crippen MR) is 70.7 cm³/mol. The van der Waals surface area contributed by atoms with Gasteiger partial charge in [-0.05, 0) is 17.7 Å². The van der Waals surface area contributed by atoms with Gasteiger partial charge in [0.1, 0.15) is 5.75 Å². The summed E-state index contributed by atoms with van der Waals surface area (Å²) < 4.78 is 10.2. The zero-order valence-electron chi connectivity index (χ0n) is 11.2. The van der Waals surface area contributed by atoms with Crippen molar-refractivity contribution in [3.63, 3.8) is 0 Å². The summed E-state index contributed by atoms with van der Waals surface area (Å²) in [5.74, 6) is -0.579. The normalized spacial score (nSPS) is 18.6. The van der Waals surface area contributed by atoms with Crippen molar-refractivity contribution in [3.8, 4) is 5.75 Å². The van der Waals surface area contributed by atoms with Crippen LogP contribution >= 0.6 is 0 Å². The summed E-state index contributed by atoms with van der Waals surface area (Å²) in [7, 11) is 1.56. The summed E-state index contributed by atoms with van der Waals surface area (Å²) in [5.41, 5.74) is 0.796. The van der Waals surface area contributed by atoms with Crippen LogP contribution in [0, 0.1) is 0 Å². The van der Waals surface area contributed by atoms with E-state index in [0.29, 0.717) is 18.9 Å². The van der Waals surface area contributed by atoms with Crippen LogP contribution in [-0.4, -0.2) is 54.8 Å². The molecule has 20 heavy (non-hydrogen) atoms. The number of hydrogen-bond donors (Lipinski definition) is 1. The van der Waals surface area contributed by atoms with Crippen molar-refractivity contribution in [2.45, 2.75) is 12.5 Å². The minimum absolute atomic E-state index is 0.0409. The molecule has 0 aromatic heterocycles. The number of carboxylic acids is 1. The number of carboxylic acid groups (broad SMARTS) is 1. The van der Waals surface area contributed by atoms with Crippen LogP contribution in [0.2, 0.25) is 0 Å². The van der Waals surface area contributed by atoms with E-state index in [0.717, 1.165) is 5.56 Å². The number of rotatable bonds is 4. The van der Waals surface area contributed by atoms with Crippen LogP contribution < -0.4 is 4.74 Å². The molecule has 1 N–H and O–H groups in total. The first-order valence-electron chi connectivity index (χ1n) is 6.35. The number of morpholine rings is 1. The van der Waals surface area contributed by atoms with E-state index in [2.05, 4.69) is 0 Å². The zero-order chi connectivity index (χ0) is 14.5. The Morgan fingerprint density at radius 3 is 3.00 bits per heavy atom. The second-order valence-electron chi connectivity index (χ2n) is 4.54. The lowest BCUT2D eigenvalue weighted by Gasteiger charge is -2.32. The molecule has 0 saturated carbocycles. The van der Waals surface area contributed by atoms with Gasteiger partial charge in [0.25, 0.3) is 0 Å². The average Bonchev–Trinajstić information content (AvgIpc) is 2.47. The van der Waals surface area contributed by atoms with E-state index in [9.17, 15) is 9.59 Å². The summed E-state index contributed by atoms with van der Waals surface area (Å²) in [6, 6.07) is 6.28. The molecule has 0 radical (unpaired) electrons. The van der Waals surface area contributed by atoms with Crippen molar-refractivity contribution >= 4 is 11.9 Å². The summed E-state index contributed by atoms with van der Waals surface area (Å²) in [6.07, 6.45) is 0.154. The van der Waals surface area contributed by atoms with Gasteiger partial charge in [-0.1, -0.05) is 12.1 Å². The molecular formula is C14H17NO5. The molecule has 108 valence electrons. The van der Waals surface area contributed by atoms with E-state index in [1.54, 1.807) is 25.3 Å². The molecule has 1 aromatic rings. The number of carbonyl (C=O) groups is 2. The number of ether oxygens (including phenoxy) is 2. The third-order valence-corrected chi connectivity index (χ3v) is 3.22. The van der Waals surface area contributed by atoms with Crippen LogP contribution in [0.25, 0.3) is 0 Å². The molecule has 1 aliphatic rings.